The number of hydrogen-bond acceptors (Lipinski definition) is 6. The molecule has 4 heterocycles. The van der Waals surface area contributed by atoms with E-state index >= 15 is 0 Å². The molecule has 27 heavy (non-hydrogen) atoms. The zero-order valence-electron chi connectivity index (χ0n) is 15.1. The van der Waals surface area contributed by atoms with Crippen molar-refractivity contribution in [1.82, 2.24) is 29.5 Å². The predicted molar refractivity (Wildman–Crippen MR) is 103 cm³/mol. The van der Waals surface area contributed by atoms with Gasteiger partial charge in [0.1, 0.15) is 12.0 Å². The number of aromatic amines is 1. The molecule has 1 saturated carbocycles. The first kappa shape index (κ1) is 16.2. The van der Waals surface area contributed by atoms with E-state index in [0.717, 1.165) is 53.5 Å². The quantitative estimate of drug-likeness (QED) is 0.579. The molecule has 1 aliphatic rings. The lowest BCUT2D eigenvalue weighted by Crippen LogP contribution is -2.29. The molecule has 5 rings (SSSR count). The maximum Gasteiger partial charge on any atom is 0.224 e. The number of nitrogens with zero attached hydrogens (tertiary/aromatic N) is 5. The summed E-state index contributed by atoms with van der Waals surface area (Å²) in [5.74, 6) is 0.670. The molecule has 0 bridgehead atoms. The Morgan fingerprint density at radius 2 is 2.07 bits per heavy atom. The highest BCUT2D eigenvalue weighted by molar-refractivity contribution is 5.93. The van der Waals surface area contributed by atoms with Crippen molar-refractivity contribution in [2.24, 2.45) is 0 Å². The first-order chi connectivity index (χ1) is 13.3. The summed E-state index contributed by atoms with van der Waals surface area (Å²) in [7, 11) is 1.79. The van der Waals surface area contributed by atoms with Gasteiger partial charge in [-0.15, -0.1) is 0 Å². The molecule has 1 aliphatic carbocycles. The van der Waals surface area contributed by atoms with Crippen LogP contribution < -0.4 is 5.32 Å². The molecule has 8 heteroatoms. The summed E-state index contributed by atoms with van der Waals surface area (Å²) in [5.41, 5.74) is 3.74. The summed E-state index contributed by atoms with van der Waals surface area (Å²) in [6.45, 7) is 0. The largest absolute Gasteiger partial charge is 0.381 e. The number of ether oxygens (including phenoxy) is 1. The minimum Gasteiger partial charge on any atom is -0.381 e. The SMILES string of the molecule is CO[C@H]1CC[C@@H](Nc2ncc3c(-c4ccc5ncnn5c4)c[nH]c3n2)CC1. The van der Waals surface area contributed by atoms with Crippen molar-refractivity contribution in [2.45, 2.75) is 37.8 Å². The predicted octanol–water partition coefficient (Wildman–Crippen LogP) is 3.04. The molecule has 0 aliphatic heterocycles. The van der Waals surface area contributed by atoms with Gasteiger partial charge in [-0.2, -0.15) is 10.1 Å². The number of rotatable bonds is 4. The Balaban J connectivity index is 1.39. The highest BCUT2D eigenvalue weighted by Gasteiger charge is 2.21. The monoisotopic (exact) mass is 363 g/mol. The fraction of sp³-hybridized carbons (Fsp3) is 0.368. The van der Waals surface area contributed by atoms with Gasteiger partial charge in [0, 0.05) is 48.3 Å². The molecule has 0 radical (unpaired) electrons. The molecule has 0 unspecified atom stereocenters. The minimum atomic E-state index is 0.389. The topological polar surface area (TPSA) is 93.0 Å². The lowest BCUT2D eigenvalue weighted by molar-refractivity contribution is 0.0681. The van der Waals surface area contributed by atoms with E-state index in [-0.39, 0.29) is 0 Å². The van der Waals surface area contributed by atoms with E-state index in [2.05, 4.69) is 30.4 Å². The number of H-pyrrole nitrogens is 1. The molecule has 4 aromatic heterocycles. The van der Waals surface area contributed by atoms with Crippen LogP contribution in [0.25, 0.3) is 27.8 Å². The molecule has 0 atom stereocenters. The van der Waals surface area contributed by atoms with Gasteiger partial charge >= 0.3 is 0 Å². The van der Waals surface area contributed by atoms with Crippen molar-refractivity contribution >= 4 is 22.6 Å². The van der Waals surface area contributed by atoms with Gasteiger partial charge in [0.25, 0.3) is 0 Å². The molecule has 0 spiro atoms. The number of nitrogens with one attached hydrogen (secondary N) is 2. The van der Waals surface area contributed by atoms with Gasteiger partial charge in [0.2, 0.25) is 5.95 Å². The van der Waals surface area contributed by atoms with Gasteiger partial charge in [-0.05, 0) is 37.8 Å². The molecule has 8 nitrogen and oxygen atoms in total. The summed E-state index contributed by atoms with van der Waals surface area (Å²) < 4.78 is 7.20. The Labute approximate surface area is 156 Å². The van der Waals surface area contributed by atoms with E-state index in [1.54, 1.807) is 18.0 Å². The van der Waals surface area contributed by atoms with E-state index < -0.39 is 0 Å². The second kappa shape index (κ2) is 6.62. The third-order valence-corrected chi connectivity index (χ3v) is 5.36. The smallest absolute Gasteiger partial charge is 0.224 e. The summed E-state index contributed by atoms with van der Waals surface area (Å²) in [5, 5.41) is 8.66. The lowest BCUT2D eigenvalue weighted by atomic mass is 9.93. The molecule has 4 aromatic rings. The van der Waals surface area contributed by atoms with Crippen LogP contribution in [0.3, 0.4) is 0 Å². The van der Waals surface area contributed by atoms with Crippen LogP contribution in [-0.4, -0.2) is 48.8 Å². The lowest BCUT2D eigenvalue weighted by Gasteiger charge is -2.28. The molecule has 0 saturated heterocycles. The highest BCUT2D eigenvalue weighted by Crippen LogP contribution is 2.28. The van der Waals surface area contributed by atoms with Crippen LogP contribution in [0.2, 0.25) is 0 Å². The van der Waals surface area contributed by atoms with E-state index in [4.69, 9.17) is 4.74 Å². The number of pyridine rings is 1. The third-order valence-electron chi connectivity index (χ3n) is 5.36. The summed E-state index contributed by atoms with van der Waals surface area (Å²) in [4.78, 5) is 16.7. The maximum atomic E-state index is 5.44. The van der Waals surface area contributed by atoms with Crippen molar-refractivity contribution in [3.8, 4) is 11.1 Å². The maximum absolute atomic E-state index is 5.44. The van der Waals surface area contributed by atoms with Crippen LogP contribution in [0.15, 0.2) is 37.1 Å². The first-order valence-corrected chi connectivity index (χ1v) is 9.23. The second-order valence-electron chi connectivity index (χ2n) is 6.99. The van der Waals surface area contributed by atoms with Crippen molar-refractivity contribution in [2.75, 3.05) is 12.4 Å². The zero-order chi connectivity index (χ0) is 18.2. The molecule has 138 valence electrons. The molecule has 1 fully saturated rings. The summed E-state index contributed by atoms with van der Waals surface area (Å²) >= 11 is 0. The third kappa shape index (κ3) is 3.02. The number of anilines is 1. The van der Waals surface area contributed by atoms with Gasteiger partial charge in [0.05, 0.1) is 6.10 Å². The van der Waals surface area contributed by atoms with Crippen molar-refractivity contribution in [1.29, 1.82) is 0 Å². The number of aromatic nitrogens is 6. The van der Waals surface area contributed by atoms with E-state index in [1.165, 1.54) is 0 Å². The molecular formula is C19H21N7O. The van der Waals surface area contributed by atoms with E-state index in [1.807, 2.05) is 30.7 Å². The van der Waals surface area contributed by atoms with Gasteiger partial charge < -0.3 is 15.0 Å². The minimum absolute atomic E-state index is 0.389. The standard InChI is InChI=1S/C19H21N7O/c1-27-14-5-3-13(4-6-14)24-19-21-9-16-15(8-20-18(16)25-19)12-2-7-17-22-11-23-26(17)10-12/h2,7-11,13-14H,3-6H2,1H3,(H2,20,21,24,25)/t13-,14+. The van der Waals surface area contributed by atoms with Crippen LogP contribution in [0, 0.1) is 0 Å². The second-order valence-corrected chi connectivity index (χ2v) is 6.99. The van der Waals surface area contributed by atoms with E-state index in [0.29, 0.717) is 18.1 Å². The zero-order valence-corrected chi connectivity index (χ0v) is 15.1. The summed E-state index contributed by atoms with van der Waals surface area (Å²) in [6, 6.07) is 4.39. The molecule has 2 N–H and O–H groups in total. The van der Waals surface area contributed by atoms with Crippen molar-refractivity contribution in [3.05, 3.63) is 37.1 Å². The van der Waals surface area contributed by atoms with Crippen LogP contribution in [0.1, 0.15) is 25.7 Å². The Morgan fingerprint density at radius 1 is 1.19 bits per heavy atom. The summed E-state index contributed by atoms with van der Waals surface area (Å²) in [6.07, 6.45) is 12.1. The Kier molecular flexibility index (Phi) is 3.97. The van der Waals surface area contributed by atoms with Gasteiger partial charge in [0.15, 0.2) is 5.65 Å². The van der Waals surface area contributed by atoms with Crippen molar-refractivity contribution in [3.63, 3.8) is 0 Å². The number of fused-ring (bicyclic) bond motifs is 2. The van der Waals surface area contributed by atoms with Gasteiger partial charge in [-0.1, -0.05) is 0 Å². The van der Waals surface area contributed by atoms with Crippen molar-refractivity contribution < 1.29 is 4.74 Å². The number of hydrogen-bond donors (Lipinski definition) is 2. The van der Waals surface area contributed by atoms with Gasteiger partial charge in [-0.25, -0.2) is 14.5 Å². The molecule has 0 amide bonds. The fourth-order valence-electron chi connectivity index (χ4n) is 3.82. The normalized spacial score (nSPS) is 20.3. The van der Waals surface area contributed by atoms with Crippen LogP contribution in [-0.2, 0) is 4.74 Å². The Hall–Kier alpha value is -3.00. The highest BCUT2D eigenvalue weighted by atomic mass is 16.5. The fourth-order valence-corrected chi connectivity index (χ4v) is 3.82. The van der Waals surface area contributed by atoms with Crippen LogP contribution >= 0.6 is 0 Å². The molecule has 0 aromatic carbocycles. The Morgan fingerprint density at radius 3 is 2.93 bits per heavy atom. The van der Waals surface area contributed by atoms with E-state index in [9.17, 15) is 0 Å². The van der Waals surface area contributed by atoms with Gasteiger partial charge in [-0.3, -0.25) is 0 Å². The van der Waals surface area contributed by atoms with Crippen LogP contribution in [0.4, 0.5) is 5.95 Å². The van der Waals surface area contributed by atoms with Crippen LogP contribution in [0.5, 0.6) is 0 Å². The number of methoxy groups -OCH3 is 1. The first-order valence-electron chi connectivity index (χ1n) is 9.23. The average molecular weight is 363 g/mol. The Bertz CT molecular complexity index is 1080. The molecular weight excluding hydrogens is 342 g/mol. The average Bonchev–Trinajstić information content (AvgIpc) is 3.34.